The number of aryl methyl sites for hydroxylation is 1. The Balaban J connectivity index is 2.07. The Morgan fingerprint density at radius 1 is 1.35 bits per heavy atom. The number of anilines is 1. The molecule has 0 aromatic heterocycles. The Kier molecular flexibility index (Phi) is 6.16. The number of hydrogen-bond acceptors (Lipinski definition) is 3. The Bertz CT molecular complexity index is 569. The van der Waals surface area contributed by atoms with Gasteiger partial charge in [-0.05, 0) is 36.0 Å². The Morgan fingerprint density at radius 3 is 2.83 bits per heavy atom. The van der Waals surface area contributed by atoms with E-state index in [0.717, 1.165) is 30.6 Å². The van der Waals surface area contributed by atoms with Crippen molar-refractivity contribution < 1.29 is 14.3 Å². The Labute approximate surface area is 138 Å². The molecule has 0 unspecified atom stereocenters. The lowest BCUT2D eigenvalue weighted by atomic mass is 9.98. The molecule has 0 bridgehead atoms. The van der Waals surface area contributed by atoms with Crippen LogP contribution in [0, 0.1) is 5.92 Å². The van der Waals surface area contributed by atoms with Crippen molar-refractivity contribution in [3.63, 3.8) is 0 Å². The number of fused-ring (bicyclic) bond motifs is 1. The minimum atomic E-state index is -0.126. The third-order valence-corrected chi connectivity index (χ3v) is 3.91. The molecule has 0 saturated heterocycles. The molecule has 5 nitrogen and oxygen atoms in total. The SMILES string of the molecule is COCC(=O)NCc1ccc2c(c1)CCCN2C(=O)CC(C)C. The van der Waals surface area contributed by atoms with Gasteiger partial charge in [-0.1, -0.05) is 26.0 Å². The van der Waals surface area contributed by atoms with Crippen molar-refractivity contribution in [2.75, 3.05) is 25.2 Å². The van der Waals surface area contributed by atoms with Crippen LogP contribution in [-0.4, -0.2) is 32.1 Å². The zero-order chi connectivity index (χ0) is 16.8. The normalized spacial score (nSPS) is 13.8. The summed E-state index contributed by atoms with van der Waals surface area (Å²) in [5, 5.41) is 2.82. The predicted molar refractivity (Wildman–Crippen MR) is 90.3 cm³/mol. The molecule has 0 spiro atoms. The highest BCUT2D eigenvalue weighted by molar-refractivity contribution is 5.94. The first-order chi connectivity index (χ1) is 11.0. The van der Waals surface area contributed by atoms with E-state index < -0.39 is 0 Å². The molecule has 2 amide bonds. The smallest absolute Gasteiger partial charge is 0.246 e. The van der Waals surface area contributed by atoms with Crippen LogP contribution in [0.25, 0.3) is 0 Å². The van der Waals surface area contributed by atoms with Crippen molar-refractivity contribution in [1.29, 1.82) is 0 Å². The van der Waals surface area contributed by atoms with Crippen LogP contribution in [0.15, 0.2) is 18.2 Å². The number of carbonyl (C=O) groups excluding carboxylic acids is 2. The molecule has 1 aliphatic heterocycles. The van der Waals surface area contributed by atoms with Crippen molar-refractivity contribution in [3.8, 4) is 0 Å². The van der Waals surface area contributed by atoms with Gasteiger partial charge in [0, 0.05) is 32.3 Å². The minimum absolute atomic E-state index is 0.0718. The lowest BCUT2D eigenvalue weighted by Gasteiger charge is -2.30. The van der Waals surface area contributed by atoms with Gasteiger partial charge in [-0.2, -0.15) is 0 Å². The highest BCUT2D eigenvalue weighted by atomic mass is 16.5. The number of rotatable bonds is 6. The lowest BCUT2D eigenvalue weighted by Crippen LogP contribution is -2.36. The van der Waals surface area contributed by atoms with Crippen LogP contribution < -0.4 is 10.2 Å². The monoisotopic (exact) mass is 318 g/mol. The summed E-state index contributed by atoms with van der Waals surface area (Å²) < 4.78 is 4.80. The topological polar surface area (TPSA) is 58.6 Å². The molecule has 0 radical (unpaired) electrons. The fraction of sp³-hybridized carbons (Fsp3) is 0.556. The molecule has 0 saturated carbocycles. The molecule has 1 aliphatic rings. The van der Waals surface area contributed by atoms with Crippen molar-refractivity contribution in [2.24, 2.45) is 5.92 Å². The van der Waals surface area contributed by atoms with Gasteiger partial charge >= 0.3 is 0 Å². The second kappa shape index (κ2) is 8.11. The number of benzene rings is 1. The van der Waals surface area contributed by atoms with E-state index in [0.29, 0.717) is 18.9 Å². The number of nitrogens with zero attached hydrogens (tertiary/aromatic N) is 1. The largest absolute Gasteiger partial charge is 0.375 e. The summed E-state index contributed by atoms with van der Waals surface area (Å²) in [6.45, 7) is 5.48. The van der Waals surface area contributed by atoms with Gasteiger partial charge in [0.15, 0.2) is 0 Å². The van der Waals surface area contributed by atoms with Crippen LogP contribution in [0.1, 0.15) is 37.8 Å². The van der Waals surface area contributed by atoms with E-state index in [1.165, 1.54) is 12.7 Å². The van der Waals surface area contributed by atoms with Crippen LogP contribution in [-0.2, 0) is 27.3 Å². The lowest BCUT2D eigenvalue weighted by molar-refractivity contribution is -0.125. The third-order valence-electron chi connectivity index (χ3n) is 3.91. The molecule has 2 rings (SSSR count). The van der Waals surface area contributed by atoms with Crippen LogP contribution in [0.4, 0.5) is 5.69 Å². The molecular formula is C18H26N2O3. The zero-order valence-electron chi connectivity index (χ0n) is 14.2. The van der Waals surface area contributed by atoms with Crippen molar-refractivity contribution in [2.45, 2.75) is 39.7 Å². The maximum absolute atomic E-state index is 12.4. The maximum atomic E-state index is 12.4. The molecule has 1 heterocycles. The summed E-state index contributed by atoms with van der Waals surface area (Å²) in [4.78, 5) is 25.8. The predicted octanol–water partition coefficient (Wildman–Crippen LogP) is 2.27. The van der Waals surface area contributed by atoms with Gasteiger partial charge in [-0.25, -0.2) is 0 Å². The van der Waals surface area contributed by atoms with E-state index in [1.807, 2.05) is 17.0 Å². The molecule has 1 aromatic carbocycles. The fourth-order valence-electron chi connectivity index (χ4n) is 2.86. The van der Waals surface area contributed by atoms with Gasteiger partial charge in [0.05, 0.1) is 0 Å². The highest BCUT2D eigenvalue weighted by Crippen LogP contribution is 2.29. The number of hydrogen-bond donors (Lipinski definition) is 1. The average molecular weight is 318 g/mol. The van der Waals surface area contributed by atoms with Gasteiger partial charge in [0.2, 0.25) is 11.8 Å². The van der Waals surface area contributed by atoms with Gasteiger partial charge in [0.25, 0.3) is 0 Å². The summed E-state index contributed by atoms with van der Waals surface area (Å²) in [6, 6.07) is 6.08. The molecule has 126 valence electrons. The van der Waals surface area contributed by atoms with Crippen molar-refractivity contribution in [1.82, 2.24) is 5.32 Å². The third kappa shape index (κ3) is 4.79. The first-order valence-electron chi connectivity index (χ1n) is 8.19. The van der Waals surface area contributed by atoms with Crippen LogP contribution >= 0.6 is 0 Å². The fourth-order valence-corrected chi connectivity index (χ4v) is 2.86. The molecule has 0 atom stereocenters. The van der Waals surface area contributed by atoms with E-state index in [-0.39, 0.29) is 18.4 Å². The average Bonchev–Trinajstić information content (AvgIpc) is 2.51. The number of nitrogens with one attached hydrogen (secondary N) is 1. The molecular weight excluding hydrogens is 292 g/mol. The van der Waals surface area contributed by atoms with E-state index in [9.17, 15) is 9.59 Å². The second-order valence-electron chi connectivity index (χ2n) is 6.42. The summed E-state index contributed by atoms with van der Waals surface area (Å²) in [6.07, 6.45) is 2.53. The van der Waals surface area contributed by atoms with E-state index in [2.05, 4.69) is 25.2 Å². The van der Waals surface area contributed by atoms with E-state index in [4.69, 9.17) is 4.74 Å². The minimum Gasteiger partial charge on any atom is -0.375 e. The quantitative estimate of drug-likeness (QED) is 0.875. The molecule has 0 aliphatic carbocycles. The van der Waals surface area contributed by atoms with Gasteiger partial charge in [0.1, 0.15) is 6.61 Å². The summed E-state index contributed by atoms with van der Waals surface area (Å²) in [7, 11) is 1.50. The Morgan fingerprint density at radius 2 is 2.13 bits per heavy atom. The van der Waals surface area contributed by atoms with E-state index in [1.54, 1.807) is 0 Å². The first kappa shape index (κ1) is 17.5. The summed E-state index contributed by atoms with van der Waals surface area (Å²) in [5.41, 5.74) is 3.26. The molecule has 1 aromatic rings. The molecule has 1 N–H and O–H groups in total. The molecule has 0 fully saturated rings. The standard InChI is InChI=1S/C18H26N2O3/c1-13(2)9-18(22)20-8-4-5-15-10-14(6-7-16(15)20)11-19-17(21)12-23-3/h6-7,10,13H,4-5,8-9,11-12H2,1-3H3,(H,19,21). The van der Waals surface area contributed by atoms with Crippen molar-refractivity contribution >= 4 is 17.5 Å². The van der Waals surface area contributed by atoms with Crippen LogP contribution in [0.2, 0.25) is 0 Å². The van der Waals surface area contributed by atoms with Crippen LogP contribution in [0.5, 0.6) is 0 Å². The first-order valence-corrected chi connectivity index (χ1v) is 8.19. The van der Waals surface area contributed by atoms with Gasteiger partial charge in [-0.3, -0.25) is 9.59 Å². The summed E-state index contributed by atoms with van der Waals surface area (Å²) >= 11 is 0. The van der Waals surface area contributed by atoms with Gasteiger partial charge < -0.3 is 15.0 Å². The van der Waals surface area contributed by atoms with Crippen LogP contribution in [0.3, 0.4) is 0 Å². The van der Waals surface area contributed by atoms with E-state index >= 15 is 0 Å². The number of carbonyl (C=O) groups is 2. The maximum Gasteiger partial charge on any atom is 0.246 e. The highest BCUT2D eigenvalue weighted by Gasteiger charge is 2.23. The second-order valence-corrected chi connectivity index (χ2v) is 6.42. The zero-order valence-corrected chi connectivity index (χ0v) is 14.2. The number of methoxy groups -OCH3 is 1. The number of ether oxygens (including phenoxy) is 1. The van der Waals surface area contributed by atoms with Gasteiger partial charge in [-0.15, -0.1) is 0 Å². The molecule has 5 heteroatoms. The van der Waals surface area contributed by atoms with Crippen molar-refractivity contribution in [3.05, 3.63) is 29.3 Å². The molecule has 23 heavy (non-hydrogen) atoms. The number of amides is 2. The summed E-state index contributed by atoms with van der Waals surface area (Å²) in [5.74, 6) is 0.434. The Hall–Kier alpha value is -1.88.